The molecular weight excluding hydrogens is 202 g/mol. The van der Waals surface area contributed by atoms with Crippen molar-refractivity contribution in [2.75, 3.05) is 0 Å². The normalized spacial score (nSPS) is 12.8. The maximum atomic E-state index is 5.92. The number of hydrogen-bond donors (Lipinski definition) is 1. The summed E-state index contributed by atoms with van der Waals surface area (Å²) in [5, 5.41) is 12.3. The summed E-state index contributed by atoms with van der Waals surface area (Å²) in [7, 11) is 0. The molecule has 2 aromatic rings. The molecular formula is C11H15N5. The van der Waals surface area contributed by atoms with Crippen molar-refractivity contribution < 1.29 is 0 Å². The number of aryl methyl sites for hydroxylation is 1. The summed E-state index contributed by atoms with van der Waals surface area (Å²) in [5.41, 5.74) is 8.96. The molecule has 0 saturated heterocycles. The highest BCUT2D eigenvalue weighted by atomic mass is 15.3. The minimum absolute atomic E-state index is 0.0228. The second-order valence-corrected chi connectivity index (χ2v) is 3.87. The van der Waals surface area contributed by atoms with E-state index in [0.29, 0.717) is 0 Å². The van der Waals surface area contributed by atoms with Crippen LogP contribution in [0, 0.1) is 13.8 Å². The summed E-state index contributed by atoms with van der Waals surface area (Å²) >= 11 is 0. The van der Waals surface area contributed by atoms with Gasteiger partial charge in [-0.3, -0.25) is 0 Å². The molecule has 2 aromatic heterocycles. The molecule has 0 aliphatic carbocycles. The third-order valence-electron chi connectivity index (χ3n) is 2.58. The number of aromatic nitrogens is 4. The van der Waals surface area contributed by atoms with Crippen LogP contribution in [0.2, 0.25) is 0 Å². The Hall–Kier alpha value is -1.75. The molecule has 2 N–H and O–H groups in total. The van der Waals surface area contributed by atoms with Crippen molar-refractivity contribution in [3.05, 3.63) is 35.3 Å². The van der Waals surface area contributed by atoms with Gasteiger partial charge in [-0.1, -0.05) is 0 Å². The summed E-state index contributed by atoms with van der Waals surface area (Å²) in [6, 6.07) is 3.69. The quantitative estimate of drug-likeness (QED) is 0.823. The second-order valence-electron chi connectivity index (χ2n) is 3.87. The van der Waals surface area contributed by atoms with Gasteiger partial charge >= 0.3 is 0 Å². The van der Waals surface area contributed by atoms with Crippen LogP contribution in [0.5, 0.6) is 0 Å². The first-order valence-electron chi connectivity index (χ1n) is 5.21. The van der Waals surface area contributed by atoms with Crippen LogP contribution >= 0.6 is 0 Å². The summed E-state index contributed by atoms with van der Waals surface area (Å²) in [6.07, 6.45) is 1.64. The topological polar surface area (TPSA) is 69.6 Å². The molecule has 16 heavy (non-hydrogen) atoms. The third kappa shape index (κ3) is 1.69. The zero-order valence-corrected chi connectivity index (χ0v) is 9.68. The lowest BCUT2D eigenvalue weighted by atomic mass is 10.1. The molecule has 84 valence electrons. The van der Waals surface area contributed by atoms with Crippen molar-refractivity contribution in [2.45, 2.75) is 26.8 Å². The van der Waals surface area contributed by atoms with Crippen molar-refractivity contribution in [3.63, 3.8) is 0 Å². The number of nitrogens with zero attached hydrogens (tertiary/aromatic N) is 4. The molecule has 1 unspecified atom stereocenters. The smallest absolute Gasteiger partial charge is 0.175 e. The zero-order chi connectivity index (χ0) is 11.7. The molecule has 2 rings (SSSR count). The van der Waals surface area contributed by atoms with Gasteiger partial charge in [-0.15, -0.1) is 5.10 Å². The first-order valence-corrected chi connectivity index (χ1v) is 5.21. The standard InChI is InChI=1S/C11H15N5/c1-7(12)11-8(2)15-16(9(11)3)10-5-4-6-13-14-10/h4-7H,12H2,1-3H3. The molecule has 1 atom stereocenters. The van der Waals surface area contributed by atoms with Gasteiger partial charge in [-0.05, 0) is 32.9 Å². The number of nitrogens with two attached hydrogens (primary N) is 1. The molecule has 5 heteroatoms. The lowest BCUT2D eigenvalue weighted by molar-refractivity contribution is 0.772. The van der Waals surface area contributed by atoms with Gasteiger partial charge in [0.15, 0.2) is 5.82 Å². The Labute approximate surface area is 94.3 Å². The fraction of sp³-hybridized carbons (Fsp3) is 0.364. The van der Waals surface area contributed by atoms with Crippen LogP contribution in [-0.2, 0) is 0 Å². The molecule has 2 heterocycles. The van der Waals surface area contributed by atoms with E-state index >= 15 is 0 Å². The van der Waals surface area contributed by atoms with Crippen LogP contribution in [0.25, 0.3) is 5.82 Å². The average Bonchev–Trinajstić information content (AvgIpc) is 2.55. The van der Waals surface area contributed by atoms with Gasteiger partial charge in [0.2, 0.25) is 0 Å². The lowest BCUT2D eigenvalue weighted by Gasteiger charge is -2.06. The minimum Gasteiger partial charge on any atom is -0.324 e. The predicted molar refractivity (Wildman–Crippen MR) is 61.2 cm³/mol. The van der Waals surface area contributed by atoms with Gasteiger partial charge in [-0.2, -0.15) is 10.2 Å². The molecule has 0 aliphatic rings. The Kier molecular flexibility index (Phi) is 2.70. The maximum absolute atomic E-state index is 5.92. The molecule has 0 spiro atoms. The molecule has 0 aliphatic heterocycles. The van der Waals surface area contributed by atoms with Gasteiger partial charge < -0.3 is 5.73 Å². The largest absolute Gasteiger partial charge is 0.324 e. The van der Waals surface area contributed by atoms with Crippen molar-refractivity contribution >= 4 is 0 Å². The average molecular weight is 217 g/mol. The van der Waals surface area contributed by atoms with Crippen LogP contribution in [0.1, 0.15) is 29.9 Å². The first kappa shape index (κ1) is 10.8. The highest BCUT2D eigenvalue weighted by molar-refractivity contribution is 5.33. The Bertz CT molecular complexity index is 487. The van der Waals surface area contributed by atoms with E-state index in [9.17, 15) is 0 Å². The van der Waals surface area contributed by atoms with Crippen LogP contribution in [0.3, 0.4) is 0 Å². The SMILES string of the molecule is Cc1nn(-c2cccnn2)c(C)c1C(C)N. The van der Waals surface area contributed by atoms with Crippen molar-refractivity contribution in [1.82, 2.24) is 20.0 Å². The molecule has 0 fully saturated rings. The van der Waals surface area contributed by atoms with E-state index < -0.39 is 0 Å². The van der Waals surface area contributed by atoms with E-state index in [4.69, 9.17) is 5.73 Å². The Morgan fingerprint density at radius 3 is 2.62 bits per heavy atom. The number of rotatable bonds is 2. The van der Waals surface area contributed by atoms with E-state index in [2.05, 4.69) is 15.3 Å². The minimum atomic E-state index is -0.0228. The fourth-order valence-electron chi connectivity index (χ4n) is 1.94. The monoisotopic (exact) mass is 217 g/mol. The van der Waals surface area contributed by atoms with Gasteiger partial charge in [0, 0.05) is 23.5 Å². The molecule has 0 radical (unpaired) electrons. The molecule has 0 bridgehead atoms. The van der Waals surface area contributed by atoms with Crippen LogP contribution in [-0.4, -0.2) is 20.0 Å². The Morgan fingerprint density at radius 2 is 2.12 bits per heavy atom. The van der Waals surface area contributed by atoms with Crippen molar-refractivity contribution in [1.29, 1.82) is 0 Å². The Morgan fingerprint density at radius 1 is 1.38 bits per heavy atom. The summed E-state index contributed by atoms with van der Waals surface area (Å²) in [4.78, 5) is 0. The maximum Gasteiger partial charge on any atom is 0.175 e. The summed E-state index contributed by atoms with van der Waals surface area (Å²) < 4.78 is 1.78. The summed E-state index contributed by atoms with van der Waals surface area (Å²) in [5.74, 6) is 0.718. The second kappa shape index (κ2) is 4.02. The Balaban J connectivity index is 2.56. The van der Waals surface area contributed by atoms with Gasteiger partial charge in [-0.25, -0.2) is 4.68 Å². The van der Waals surface area contributed by atoms with Gasteiger partial charge in [0.05, 0.1) is 5.69 Å². The predicted octanol–water partition coefficient (Wildman–Crippen LogP) is 1.30. The zero-order valence-electron chi connectivity index (χ0n) is 9.68. The molecule has 0 amide bonds. The third-order valence-corrected chi connectivity index (χ3v) is 2.58. The van der Waals surface area contributed by atoms with E-state index in [1.54, 1.807) is 10.9 Å². The summed E-state index contributed by atoms with van der Waals surface area (Å²) in [6.45, 7) is 5.91. The first-order chi connectivity index (χ1) is 7.61. The fourth-order valence-corrected chi connectivity index (χ4v) is 1.94. The van der Waals surface area contributed by atoms with E-state index in [1.807, 2.05) is 32.9 Å². The highest BCUT2D eigenvalue weighted by Crippen LogP contribution is 2.21. The molecule has 0 aromatic carbocycles. The molecule has 0 saturated carbocycles. The van der Waals surface area contributed by atoms with Crippen molar-refractivity contribution in [3.8, 4) is 5.82 Å². The van der Waals surface area contributed by atoms with Crippen LogP contribution in [0.4, 0.5) is 0 Å². The van der Waals surface area contributed by atoms with Crippen LogP contribution in [0.15, 0.2) is 18.3 Å². The number of hydrogen-bond acceptors (Lipinski definition) is 4. The van der Waals surface area contributed by atoms with Gasteiger partial charge in [0.25, 0.3) is 0 Å². The lowest BCUT2D eigenvalue weighted by Crippen LogP contribution is -2.08. The van der Waals surface area contributed by atoms with E-state index in [1.165, 1.54) is 0 Å². The molecule has 5 nitrogen and oxygen atoms in total. The van der Waals surface area contributed by atoms with Crippen molar-refractivity contribution in [2.24, 2.45) is 5.73 Å². The highest BCUT2D eigenvalue weighted by Gasteiger charge is 2.15. The van der Waals surface area contributed by atoms with Gasteiger partial charge in [0.1, 0.15) is 0 Å². The van der Waals surface area contributed by atoms with Crippen LogP contribution < -0.4 is 5.73 Å². The van der Waals surface area contributed by atoms with E-state index in [0.717, 1.165) is 22.8 Å². The van der Waals surface area contributed by atoms with E-state index in [-0.39, 0.29) is 6.04 Å².